The highest BCUT2D eigenvalue weighted by molar-refractivity contribution is 6.00. The number of hydrogen-bond donors (Lipinski definition) is 2. The molecule has 0 aromatic rings. The fourth-order valence-electron chi connectivity index (χ4n) is 3.59. The number of unbranched alkanes of at least 4 members (excludes halogenated alkanes) is 13. The monoisotopic (exact) mass is 410 g/mol. The first-order valence-electron chi connectivity index (χ1n) is 12.7. The molecule has 0 aliphatic heterocycles. The molecule has 0 aromatic carbocycles. The van der Waals surface area contributed by atoms with Gasteiger partial charge >= 0.3 is 0 Å². The first-order chi connectivity index (χ1) is 14.2. The molecule has 0 fully saturated rings. The molecule has 0 spiro atoms. The van der Waals surface area contributed by atoms with Crippen LogP contribution in [0.5, 0.6) is 0 Å². The summed E-state index contributed by atoms with van der Waals surface area (Å²) < 4.78 is 0. The minimum absolute atomic E-state index is 0.0875. The molecule has 0 aliphatic rings. The lowest BCUT2D eigenvalue weighted by molar-refractivity contribution is -0.135. The van der Waals surface area contributed by atoms with Crippen LogP contribution >= 0.6 is 0 Å². The third kappa shape index (κ3) is 17.5. The Bertz CT molecular complexity index is 363. The molecule has 0 bridgehead atoms. The Hall–Kier alpha value is -1.06. The molecule has 0 aliphatic carbocycles. The predicted octanol–water partition coefficient (Wildman–Crippen LogP) is 6.53. The molecule has 29 heavy (non-hydrogen) atoms. The average molecular weight is 411 g/mol. The Labute approximate surface area is 181 Å². The molecule has 172 valence electrons. The van der Waals surface area contributed by atoms with E-state index in [1.165, 1.54) is 64.2 Å². The molecule has 0 saturated heterocycles. The molecule has 0 heterocycles. The second kappa shape index (κ2) is 21.6. The first kappa shape index (κ1) is 27.9. The van der Waals surface area contributed by atoms with Crippen molar-refractivity contribution in [2.75, 3.05) is 13.1 Å². The molecule has 2 amide bonds. The molecular weight excluding hydrogens is 360 g/mol. The normalized spacial score (nSPS) is 11.0. The Balaban J connectivity index is 3.94. The van der Waals surface area contributed by atoms with Crippen LogP contribution in [0.2, 0.25) is 0 Å². The van der Waals surface area contributed by atoms with Gasteiger partial charge in [-0.3, -0.25) is 9.59 Å². The first-order valence-corrected chi connectivity index (χ1v) is 12.7. The van der Waals surface area contributed by atoms with Gasteiger partial charge in [0.05, 0.1) is 0 Å². The zero-order valence-corrected chi connectivity index (χ0v) is 19.8. The van der Waals surface area contributed by atoms with Crippen LogP contribution in [-0.2, 0) is 9.59 Å². The summed E-state index contributed by atoms with van der Waals surface area (Å²) in [5.74, 6) is -0.696. The van der Waals surface area contributed by atoms with Crippen molar-refractivity contribution >= 4 is 11.8 Å². The van der Waals surface area contributed by atoms with Crippen LogP contribution in [0.25, 0.3) is 0 Å². The zero-order valence-electron chi connectivity index (χ0n) is 19.8. The largest absolute Gasteiger partial charge is 0.355 e. The zero-order chi connectivity index (χ0) is 21.6. The highest BCUT2D eigenvalue weighted by Crippen LogP contribution is 2.15. The van der Waals surface area contributed by atoms with Gasteiger partial charge in [-0.05, 0) is 19.3 Å². The summed E-state index contributed by atoms with van der Waals surface area (Å²) in [6.45, 7) is 7.82. The van der Waals surface area contributed by atoms with Gasteiger partial charge in [-0.25, -0.2) is 0 Å². The van der Waals surface area contributed by atoms with E-state index in [-0.39, 0.29) is 11.8 Å². The van der Waals surface area contributed by atoms with Gasteiger partial charge in [0.15, 0.2) is 0 Å². The van der Waals surface area contributed by atoms with E-state index in [0.717, 1.165) is 38.5 Å². The molecule has 0 unspecified atom stereocenters. The fourth-order valence-corrected chi connectivity index (χ4v) is 3.59. The number of rotatable bonds is 21. The fraction of sp³-hybridized carbons (Fsp3) is 0.920. The Morgan fingerprint density at radius 2 is 0.862 bits per heavy atom. The molecule has 0 radical (unpaired) electrons. The highest BCUT2D eigenvalue weighted by atomic mass is 16.2. The van der Waals surface area contributed by atoms with Gasteiger partial charge in [0.25, 0.3) is 0 Å². The van der Waals surface area contributed by atoms with Crippen LogP contribution in [0.3, 0.4) is 0 Å². The van der Waals surface area contributed by atoms with Gasteiger partial charge in [0, 0.05) is 13.1 Å². The molecular formula is C25H50N2O2. The predicted molar refractivity (Wildman–Crippen MR) is 125 cm³/mol. The summed E-state index contributed by atoms with van der Waals surface area (Å²) in [6.07, 6.45) is 20.2. The Morgan fingerprint density at radius 1 is 0.517 bits per heavy atom. The highest BCUT2D eigenvalue weighted by Gasteiger charge is 2.25. The van der Waals surface area contributed by atoms with Gasteiger partial charge in [0.2, 0.25) is 11.8 Å². The minimum Gasteiger partial charge on any atom is -0.355 e. The molecule has 4 nitrogen and oxygen atoms in total. The molecule has 0 atom stereocenters. The lowest BCUT2D eigenvalue weighted by atomic mass is 9.98. The number of nitrogens with one attached hydrogen (secondary N) is 2. The van der Waals surface area contributed by atoms with Gasteiger partial charge in [-0.2, -0.15) is 0 Å². The van der Waals surface area contributed by atoms with Crippen molar-refractivity contribution in [2.24, 2.45) is 5.92 Å². The van der Waals surface area contributed by atoms with E-state index >= 15 is 0 Å². The minimum atomic E-state index is -0.521. The summed E-state index contributed by atoms with van der Waals surface area (Å²) >= 11 is 0. The summed E-state index contributed by atoms with van der Waals surface area (Å²) in [5.41, 5.74) is 0. The summed E-state index contributed by atoms with van der Waals surface area (Å²) in [4.78, 5) is 24.9. The van der Waals surface area contributed by atoms with Crippen molar-refractivity contribution < 1.29 is 9.59 Å². The number of carbonyl (C=O) groups excluding carboxylic acids is 2. The van der Waals surface area contributed by atoms with Crippen LogP contribution < -0.4 is 10.6 Å². The van der Waals surface area contributed by atoms with Crippen LogP contribution in [0.15, 0.2) is 0 Å². The quantitative estimate of drug-likeness (QED) is 0.167. The van der Waals surface area contributed by atoms with Gasteiger partial charge in [0.1, 0.15) is 5.92 Å². The second-order valence-corrected chi connectivity index (χ2v) is 8.52. The third-order valence-corrected chi connectivity index (χ3v) is 5.64. The van der Waals surface area contributed by atoms with Gasteiger partial charge in [-0.1, -0.05) is 111 Å². The van der Waals surface area contributed by atoms with E-state index in [2.05, 4.69) is 31.4 Å². The van der Waals surface area contributed by atoms with E-state index in [9.17, 15) is 9.59 Å². The Kier molecular flexibility index (Phi) is 20.9. The topological polar surface area (TPSA) is 58.2 Å². The van der Waals surface area contributed by atoms with Crippen LogP contribution in [0.1, 0.15) is 130 Å². The molecule has 0 rings (SSSR count). The van der Waals surface area contributed by atoms with E-state index in [1.807, 2.05) is 0 Å². The number of amides is 2. The third-order valence-electron chi connectivity index (χ3n) is 5.64. The van der Waals surface area contributed by atoms with Crippen molar-refractivity contribution in [3.8, 4) is 0 Å². The lowest BCUT2D eigenvalue weighted by Crippen LogP contribution is -2.42. The lowest BCUT2D eigenvalue weighted by Gasteiger charge is -2.16. The molecule has 0 aromatic heterocycles. The molecule has 4 heteroatoms. The maximum absolute atomic E-state index is 12.5. The van der Waals surface area contributed by atoms with Crippen molar-refractivity contribution in [3.63, 3.8) is 0 Å². The molecule has 0 saturated carbocycles. The van der Waals surface area contributed by atoms with Crippen molar-refractivity contribution in [3.05, 3.63) is 0 Å². The smallest absolute Gasteiger partial charge is 0.232 e. The van der Waals surface area contributed by atoms with E-state index < -0.39 is 5.92 Å². The summed E-state index contributed by atoms with van der Waals surface area (Å²) in [5, 5.41) is 5.90. The van der Waals surface area contributed by atoms with Crippen LogP contribution in [-0.4, -0.2) is 24.9 Å². The standard InChI is InChI=1S/C25H50N2O2/c1-4-7-10-11-12-13-14-15-16-17-18-19-20-23(24(28)26-21-8-5-2)25(29)27-22-9-6-3/h23H,4-22H2,1-3H3,(H,26,28)(H,27,29). The van der Waals surface area contributed by atoms with E-state index in [0.29, 0.717) is 19.5 Å². The average Bonchev–Trinajstić information content (AvgIpc) is 2.71. The number of hydrogen-bond acceptors (Lipinski definition) is 2. The Morgan fingerprint density at radius 3 is 1.24 bits per heavy atom. The second-order valence-electron chi connectivity index (χ2n) is 8.52. The van der Waals surface area contributed by atoms with Crippen LogP contribution in [0, 0.1) is 5.92 Å². The maximum Gasteiger partial charge on any atom is 0.232 e. The maximum atomic E-state index is 12.5. The van der Waals surface area contributed by atoms with Crippen molar-refractivity contribution in [1.82, 2.24) is 10.6 Å². The summed E-state index contributed by atoms with van der Waals surface area (Å²) in [6, 6.07) is 0. The van der Waals surface area contributed by atoms with Gasteiger partial charge < -0.3 is 10.6 Å². The number of carbonyl (C=O) groups is 2. The van der Waals surface area contributed by atoms with Crippen LogP contribution in [0.4, 0.5) is 0 Å². The SMILES string of the molecule is CCCCCCCCCCCCCCC(C(=O)NCCCC)C(=O)NCCCC. The van der Waals surface area contributed by atoms with Gasteiger partial charge in [-0.15, -0.1) is 0 Å². The van der Waals surface area contributed by atoms with Crippen molar-refractivity contribution in [1.29, 1.82) is 0 Å². The van der Waals surface area contributed by atoms with E-state index in [4.69, 9.17) is 0 Å². The summed E-state index contributed by atoms with van der Waals surface area (Å²) in [7, 11) is 0. The molecule has 2 N–H and O–H groups in total. The van der Waals surface area contributed by atoms with E-state index in [1.54, 1.807) is 0 Å². The van der Waals surface area contributed by atoms with Crippen molar-refractivity contribution in [2.45, 2.75) is 130 Å².